The van der Waals surface area contributed by atoms with Gasteiger partial charge in [0, 0.05) is 22.4 Å². The number of rotatable bonds is 5. The Kier molecular flexibility index (Phi) is 3.47. The fraction of sp³-hybridized carbons (Fsp3) is 0.417. The second-order valence-electron chi connectivity index (χ2n) is 4.84. The minimum Gasteiger partial charge on any atom is -0.481 e. The van der Waals surface area contributed by atoms with E-state index in [-0.39, 0.29) is 12.5 Å². The van der Waals surface area contributed by atoms with Gasteiger partial charge >= 0.3 is 5.97 Å². The summed E-state index contributed by atoms with van der Waals surface area (Å²) in [5.74, 6) is 0.0566. The number of hydrogen-bond donors (Lipinski definition) is 1. The van der Waals surface area contributed by atoms with Crippen LogP contribution in [0.3, 0.4) is 0 Å². The number of carbonyl (C=O) groups is 1. The molecule has 1 aliphatic carbocycles. The number of hydrogen-bond acceptors (Lipinski definition) is 5. The molecule has 104 valence electrons. The zero-order valence-electron chi connectivity index (χ0n) is 10.5. The summed E-state index contributed by atoms with van der Waals surface area (Å²) in [6, 6.07) is 1.66. The Hall–Kier alpha value is -1.83. The first-order chi connectivity index (χ1) is 9.65. The van der Waals surface area contributed by atoms with Crippen molar-refractivity contribution in [1.82, 2.24) is 25.2 Å². The first-order valence-corrected chi connectivity index (χ1v) is 7.05. The summed E-state index contributed by atoms with van der Waals surface area (Å²) in [5.41, 5.74) is 0.764. The molecule has 1 fully saturated rings. The highest BCUT2D eigenvalue weighted by atomic mass is 79.9. The molecule has 0 bridgehead atoms. The number of tetrazole rings is 1. The van der Waals surface area contributed by atoms with Gasteiger partial charge in [0.1, 0.15) is 0 Å². The van der Waals surface area contributed by atoms with Gasteiger partial charge in [0.05, 0.1) is 12.5 Å². The van der Waals surface area contributed by atoms with E-state index in [1.54, 1.807) is 17.1 Å². The van der Waals surface area contributed by atoms with Crippen molar-refractivity contribution in [2.75, 3.05) is 0 Å². The van der Waals surface area contributed by atoms with Gasteiger partial charge < -0.3 is 5.11 Å². The summed E-state index contributed by atoms with van der Waals surface area (Å²) in [6.45, 7) is 0. The van der Waals surface area contributed by atoms with Gasteiger partial charge in [-0.25, -0.2) is 4.68 Å². The van der Waals surface area contributed by atoms with Crippen LogP contribution in [0.4, 0.5) is 0 Å². The lowest BCUT2D eigenvalue weighted by Crippen LogP contribution is -2.18. The first-order valence-electron chi connectivity index (χ1n) is 6.25. The van der Waals surface area contributed by atoms with Crippen molar-refractivity contribution in [3.05, 3.63) is 22.9 Å². The maximum Gasteiger partial charge on any atom is 0.305 e. The molecule has 0 aromatic carbocycles. The van der Waals surface area contributed by atoms with Crippen molar-refractivity contribution in [2.45, 2.75) is 25.3 Å². The third kappa shape index (κ3) is 2.69. The normalized spacial score (nSPS) is 16.1. The van der Waals surface area contributed by atoms with E-state index in [0.29, 0.717) is 11.7 Å². The first kappa shape index (κ1) is 13.2. The molecule has 1 aliphatic rings. The molecule has 0 amide bonds. The Labute approximate surface area is 123 Å². The van der Waals surface area contributed by atoms with Crippen LogP contribution in [0.1, 0.15) is 25.3 Å². The molecular weight excluding hydrogens is 326 g/mol. The van der Waals surface area contributed by atoms with Crippen LogP contribution in [0.5, 0.6) is 0 Å². The largest absolute Gasteiger partial charge is 0.481 e. The Bertz CT molecular complexity index is 640. The minimum atomic E-state index is -0.837. The molecule has 0 saturated heterocycles. The minimum absolute atomic E-state index is 0.0319. The number of aromatic nitrogens is 5. The van der Waals surface area contributed by atoms with Gasteiger partial charge in [-0.15, -0.1) is 5.10 Å². The van der Waals surface area contributed by atoms with Crippen molar-refractivity contribution in [2.24, 2.45) is 5.92 Å². The molecule has 2 aromatic rings. The smallest absolute Gasteiger partial charge is 0.305 e. The number of aliphatic carboxylic acids is 1. The lowest BCUT2D eigenvalue weighted by Gasteiger charge is -2.15. The van der Waals surface area contributed by atoms with Gasteiger partial charge in [-0.3, -0.25) is 9.78 Å². The highest BCUT2D eigenvalue weighted by Gasteiger charge is 2.36. The average molecular weight is 338 g/mol. The van der Waals surface area contributed by atoms with Gasteiger partial charge in [0.25, 0.3) is 0 Å². The van der Waals surface area contributed by atoms with Gasteiger partial charge in [-0.2, -0.15) is 0 Å². The molecule has 7 nitrogen and oxygen atoms in total. The molecule has 0 spiro atoms. The summed E-state index contributed by atoms with van der Waals surface area (Å²) in [6.07, 6.45) is 5.41. The van der Waals surface area contributed by atoms with E-state index < -0.39 is 5.97 Å². The molecular formula is C12H12BrN5O2. The van der Waals surface area contributed by atoms with Crippen molar-refractivity contribution in [3.8, 4) is 11.4 Å². The van der Waals surface area contributed by atoms with Crippen LogP contribution >= 0.6 is 15.9 Å². The SMILES string of the molecule is O=C(O)CC(C1CC1)n1nnnc1-c1cncc(Br)c1. The fourth-order valence-electron chi connectivity index (χ4n) is 2.25. The van der Waals surface area contributed by atoms with Crippen LogP contribution < -0.4 is 0 Å². The number of carboxylic acid groups (broad SMARTS) is 1. The number of pyridine rings is 1. The van der Waals surface area contributed by atoms with E-state index in [9.17, 15) is 4.79 Å². The monoisotopic (exact) mass is 337 g/mol. The summed E-state index contributed by atoms with van der Waals surface area (Å²) < 4.78 is 2.45. The maximum absolute atomic E-state index is 11.0. The van der Waals surface area contributed by atoms with Crippen LogP contribution in [-0.4, -0.2) is 36.3 Å². The molecule has 8 heteroatoms. The molecule has 1 saturated carbocycles. The molecule has 1 atom stereocenters. The van der Waals surface area contributed by atoms with Crippen LogP contribution in [0.15, 0.2) is 22.9 Å². The van der Waals surface area contributed by atoms with Crippen molar-refractivity contribution in [1.29, 1.82) is 0 Å². The lowest BCUT2D eigenvalue weighted by atomic mass is 10.1. The van der Waals surface area contributed by atoms with E-state index in [2.05, 4.69) is 36.4 Å². The second-order valence-corrected chi connectivity index (χ2v) is 5.76. The van der Waals surface area contributed by atoms with Gasteiger partial charge in [-0.05, 0) is 51.2 Å². The maximum atomic E-state index is 11.0. The summed E-state index contributed by atoms with van der Waals surface area (Å²) >= 11 is 3.36. The topological polar surface area (TPSA) is 93.8 Å². The standard InChI is InChI=1S/C12H12BrN5O2/c13-9-3-8(5-14-6-9)12-15-16-17-18(12)10(4-11(19)20)7-1-2-7/h3,5-7,10H,1-2,4H2,(H,19,20). The zero-order chi connectivity index (χ0) is 14.1. The van der Waals surface area contributed by atoms with Crippen molar-refractivity contribution in [3.63, 3.8) is 0 Å². The van der Waals surface area contributed by atoms with Gasteiger partial charge in [-0.1, -0.05) is 0 Å². The quantitative estimate of drug-likeness (QED) is 0.895. The molecule has 3 rings (SSSR count). The van der Waals surface area contributed by atoms with E-state index in [1.165, 1.54) is 0 Å². The van der Waals surface area contributed by atoms with Crippen molar-refractivity contribution >= 4 is 21.9 Å². The molecule has 20 heavy (non-hydrogen) atoms. The van der Waals surface area contributed by atoms with Crippen LogP contribution in [-0.2, 0) is 4.79 Å². The number of carboxylic acids is 1. The average Bonchev–Trinajstić information content (AvgIpc) is 3.12. The molecule has 0 aliphatic heterocycles. The summed E-state index contributed by atoms with van der Waals surface area (Å²) in [7, 11) is 0. The zero-order valence-corrected chi connectivity index (χ0v) is 12.1. The van der Waals surface area contributed by atoms with E-state index in [1.807, 2.05) is 6.07 Å². The van der Waals surface area contributed by atoms with Crippen LogP contribution in [0, 0.1) is 5.92 Å². The highest BCUT2D eigenvalue weighted by molar-refractivity contribution is 9.10. The van der Waals surface area contributed by atoms with Crippen LogP contribution in [0.25, 0.3) is 11.4 Å². The second kappa shape index (κ2) is 5.28. The number of halogens is 1. The van der Waals surface area contributed by atoms with E-state index in [4.69, 9.17) is 5.11 Å². The number of nitrogens with zero attached hydrogens (tertiary/aromatic N) is 5. The Morgan fingerprint density at radius 1 is 1.50 bits per heavy atom. The Morgan fingerprint density at radius 2 is 2.30 bits per heavy atom. The molecule has 0 radical (unpaired) electrons. The van der Waals surface area contributed by atoms with Gasteiger partial charge in [0.2, 0.25) is 0 Å². The summed E-state index contributed by atoms with van der Waals surface area (Å²) in [4.78, 5) is 15.1. The third-order valence-electron chi connectivity index (χ3n) is 3.32. The molecule has 1 unspecified atom stereocenters. The van der Waals surface area contributed by atoms with Gasteiger partial charge in [0.15, 0.2) is 5.82 Å². The molecule has 2 heterocycles. The highest BCUT2D eigenvalue weighted by Crippen LogP contribution is 2.42. The van der Waals surface area contributed by atoms with E-state index in [0.717, 1.165) is 22.9 Å². The Morgan fingerprint density at radius 3 is 2.95 bits per heavy atom. The summed E-state index contributed by atoms with van der Waals surface area (Å²) in [5, 5.41) is 20.8. The van der Waals surface area contributed by atoms with Crippen LogP contribution in [0.2, 0.25) is 0 Å². The lowest BCUT2D eigenvalue weighted by molar-refractivity contribution is -0.138. The van der Waals surface area contributed by atoms with Crippen molar-refractivity contribution < 1.29 is 9.90 Å². The third-order valence-corrected chi connectivity index (χ3v) is 3.75. The predicted octanol–water partition coefficient (Wildman–Crippen LogP) is 1.92. The molecule has 1 N–H and O–H groups in total. The molecule has 2 aromatic heterocycles. The predicted molar refractivity (Wildman–Crippen MR) is 72.8 cm³/mol. The fourth-order valence-corrected chi connectivity index (χ4v) is 2.62. The van der Waals surface area contributed by atoms with E-state index >= 15 is 0 Å². The Balaban J connectivity index is 1.98.